The molecule has 25 heavy (non-hydrogen) atoms. The number of anilines is 1. The molecule has 1 N–H and O–H groups in total. The zero-order valence-electron chi connectivity index (χ0n) is 14.4. The van der Waals surface area contributed by atoms with E-state index >= 15 is 0 Å². The Balaban J connectivity index is 1.88. The van der Waals surface area contributed by atoms with Crippen LogP contribution in [0.4, 0.5) is 5.69 Å². The van der Waals surface area contributed by atoms with Crippen LogP contribution in [-0.2, 0) is 10.0 Å². The quantitative estimate of drug-likeness (QED) is 0.880. The summed E-state index contributed by atoms with van der Waals surface area (Å²) in [4.78, 5) is 13.1. The van der Waals surface area contributed by atoms with Crippen LogP contribution in [0, 0.1) is 13.8 Å². The van der Waals surface area contributed by atoms with Crippen molar-refractivity contribution >= 4 is 33.0 Å². The van der Waals surface area contributed by atoms with E-state index in [1.165, 1.54) is 10.4 Å². The van der Waals surface area contributed by atoms with Crippen LogP contribution in [-0.4, -0.2) is 31.7 Å². The molecule has 0 spiro atoms. The second kappa shape index (κ2) is 7.27. The number of nitrogens with zero attached hydrogens (tertiary/aromatic N) is 1. The minimum atomic E-state index is -3.62. The highest BCUT2D eigenvalue weighted by Crippen LogP contribution is 2.28. The molecule has 1 aromatic carbocycles. The fraction of sp³-hybridized carbons (Fsp3) is 0.389. The first-order valence-electron chi connectivity index (χ1n) is 8.36. The maximum atomic E-state index is 12.9. The highest BCUT2D eigenvalue weighted by Gasteiger charge is 2.31. The first-order chi connectivity index (χ1) is 11.9. The van der Waals surface area contributed by atoms with Crippen molar-refractivity contribution in [1.82, 2.24) is 4.31 Å². The fourth-order valence-corrected chi connectivity index (χ4v) is 5.79. The maximum absolute atomic E-state index is 12.9. The summed E-state index contributed by atoms with van der Waals surface area (Å²) in [6, 6.07) is 7.21. The van der Waals surface area contributed by atoms with Gasteiger partial charge < -0.3 is 5.32 Å². The van der Waals surface area contributed by atoms with E-state index in [2.05, 4.69) is 5.32 Å². The highest BCUT2D eigenvalue weighted by molar-refractivity contribution is 7.89. The third-order valence-electron chi connectivity index (χ3n) is 4.62. The molecule has 0 atom stereocenters. The van der Waals surface area contributed by atoms with Crippen LogP contribution in [0.25, 0.3) is 0 Å². The smallest absolute Gasteiger partial charge is 0.267 e. The number of carbonyl (C=O) groups is 1. The van der Waals surface area contributed by atoms with Crippen molar-refractivity contribution in [3.05, 3.63) is 45.6 Å². The SMILES string of the molecule is Cc1cccc(NC(=O)c2sccc2S(=O)(=O)N2CCCCC2)c1C. The molecule has 0 aliphatic carbocycles. The van der Waals surface area contributed by atoms with Gasteiger partial charge in [0.05, 0.1) is 0 Å². The van der Waals surface area contributed by atoms with Crippen molar-refractivity contribution in [1.29, 1.82) is 0 Å². The van der Waals surface area contributed by atoms with Crippen LogP contribution in [0.3, 0.4) is 0 Å². The average molecular weight is 379 g/mol. The number of amides is 1. The number of hydrogen-bond acceptors (Lipinski definition) is 4. The number of thiophene rings is 1. The Hall–Kier alpha value is -1.70. The first kappa shape index (κ1) is 18.1. The van der Waals surface area contributed by atoms with E-state index in [0.717, 1.165) is 41.7 Å². The molecule has 1 aliphatic rings. The summed E-state index contributed by atoms with van der Waals surface area (Å²) in [6.07, 6.45) is 2.79. The van der Waals surface area contributed by atoms with Crippen LogP contribution in [0.15, 0.2) is 34.5 Å². The monoisotopic (exact) mass is 378 g/mol. The zero-order chi connectivity index (χ0) is 18.0. The van der Waals surface area contributed by atoms with Gasteiger partial charge in [0.25, 0.3) is 5.91 Å². The summed E-state index contributed by atoms with van der Waals surface area (Å²) in [5, 5.41) is 4.52. The summed E-state index contributed by atoms with van der Waals surface area (Å²) < 4.78 is 27.3. The lowest BCUT2D eigenvalue weighted by atomic mass is 10.1. The van der Waals surface area contributed by atoms with E-state index in [1.54, 1.807) is 5.38 Å². The van der Waals surface area contributed by atoms with E-state index in [0.29, 0.717) is 18.8 Å². The minimum absolute atomic E-state index is 0.113. The molecule has 7 heteroatoms. The van der Waals surface area contributed by atoms with Gasteiger partial charge >= 0.3 is 0 Å². The van der Waals surface area contributed by atoms with Gasteiger partial charge in [-0.15, -0.1) is 11.3 Å². The van der Waals surface area contributed by atoms with Crippen molar-refractivity contribution in [3.8, 4) is 0 Å². The summed E-state index contributed by atoms with van der Waals surface area (Å²) in [5.41, 5.74) is 2.76. The van der Waals surface area contributed by atoms with Gasteiger partial charge in [-0.25, -0.2) is 8.42 Å². The van der Waals surface area contributed by atoms with Gasteiger partial charge in [0.15, 0.2) is 0 Å². The molecule has 5 nitrogen and oxygen atoms in total. The van der Waals surface area contributed by atoms with Crippen molar-refractivity contribution in [2.24, 2.45) is 0 Å². The number of aryl methyl sites for hydroxylation is 1. The van der Waals surface area contributed by atoms with Crippen LogP contribution >= 0.6 is 11.3 Å². The molecule has 1 aromatic heterocycles. The van der Waals surface area contributed by atoms with Gasteiger partial charge in [-0.2, -0.15) is 4.31 Å². The summed E-state index contributed by atoms with van der Waals surface area (Å²) in [5.74, 6) is -0.376. The number of benzene rings is 1. The van der Waals surface area contributed by atoms with Crippen molar-refractivity contribution < 1.29 is 13.2 Å². The lowest BCUT2D eigenvalue weighted by molar-refractivity contribution is 0.102. The summed E-state index contributed by atoms with van der Waals surface area (Å²) >= 11 is 1.16. The maximum Gasteiger partial charge on any atom is 0.267 e. The molecule has 0 saturated carbocycles. The Bertz CT molecular complexity index is 881. The number of hydrogen-bond donors (Lipinski definition) is 1. The summed E-state index contributed by atoms with van der Waals surface area (Å²) in [6.45, 7) is 4.96. The molecule has 1 saturated heterocycles. The standard InChI is InChI=1S/C18H22N2O3S2/c1-13-7-6-8-15(14(13)2)19-18(21)17-16(9-12-24-17)25(22,23)20-10-4-3-5-11-20/h6-9,12H,3-5,10-11H2,1-2H3,(H,19,21). The molecule has 2 heterocycles. The number of sulfonamides is 1. The molecule has 1 amide bonds. The number of carbonyl (C=O) groups excluding carboxylic acids is 1. The second-order valence-corrected chi connectivity index (χ2v) is 9.10. The molecule has 1 fully saturated rings. The van der Waals surface area contributed by atoms with Crippen LogP contribution < -0.4 is 5.32 Å². The van der Waals surface area contributed by atoms with E-state index in [4.69, 9.17) is 0 Å². The number of rotatable bonds is 4. The predicted molar refractivity (Wildman–Crippen MR) is 101 cm³/mol. The Morgan fingerprint density at radius 3 is 2.56 bits per heavy atom. The highest BCUT2D eigenvalue weighted by atomic mass is 32.2. The fourth-order valence-electron chi connectivity index (χ4n) is 2.98. The molecule has 0 bridgehead atoms. The van der Waals surface area contributed by atoms with Gasteiger partial charge in [0, 0.05) is 18.8 Å². The normalized spacial score (nSPS) is 15.9. The lowest BCUT2D eigenvalue weighted by Crippen LogP contribution is -2.36. The van der Waals surface area contributed by atoms with Crippen LogP contribution in [0.2, 0.25) is 0 Å². The Kier molecular flexibility index (Phi) is 5.27. The van der Waals surface area contributed by atoms with Gasteiger partial charge in [-0.3, -0.25) is 4.79 Å². The Morgan fingerprint density at radius 2 is 1.84 bits per heavy atom. The van der Waals surface area contributed by atoms with Crippen molar-refractivity contribution in [2.45, 2.75) is 38.0 Å². The molecular formula is C18H22N2O3S2. The molecule has 3 rings (SSSR count). The van der Waals surface area contributed by atoms with E-state index in [1.807, 2.05) is 32.0 Å². The minimum Gasteiger partial charge on any atom is -0.321 e. The topological polar surface area (TPSA) is 66.5 Å². The van der Waals surface area contributed by atoms with E-state index in [-0.39, 0.29) is 15.7 Å². The van der Waals surface area contributed by atoms with E-state index in [9.17, 15) is 13.2 Å². The first-order valence-corrected chi connectivity index (χ1v) is 10.7. The third kappa shape index (κ3) is 3.63. The van der Waals surface area contributed by atoms with Gasteiger partial charge in [0.2, 0.25) is 10.0 Å². The lowest BCUT2D eigenvalue weighted by Gasteiger charge is -2.25. The van der Waals surface area contributed by atoms with Gasteiger partial charge in [-0.05, 0) is 55.3 Å². The van der Waals surface area contributed by atoms with Crippen molar-refractivity contribution in [2.75, 3.05) is 18.4 Å². The zero-order valence-corrected chi connectivity index (χ0v) is 16.0. The van der Waals surface area contributed by atoms with Crippen LogP contribution in [0.5, 0.6) is 0 Å². The van der Waals surface area contributed by atoms with Gasteiger partial charge in [-0.1, -0.05) is 18.6 Å². The Morgan fingerprint density at radius 1 is 1.12 bits per heavy atom. The molecular weight excluding hydrogens is 356 g/mol. The molecule has 0 unspecified atom stereocenters. The van der Waals surface area contributed by atoms with E-state index < -0.39 is 10.0 Å². The molecule has 0 radical (unpaired) electrons. The second-order valence-electron chi connectivity index (χ2n) is 6.28. The summed E-state index contributed by atoms with van der Waals surface area (Å²) in [7, 11) is -3.62. The molecule has 134 valence electrons. The van der Waals surface area contributed by atoms with Crippen molar-refractivity contribution in [3.63, 3.8) is 0 Å². The number of piperidine rings is 1. The molecule has 2 aromatic rings. The third-order valence-corrected chi connectivity index (χ3v) is 7.60. The van der Waals surface area contributed by atoms with Gasteiger partial charge in [0.1, 0.15) is 9.77 Å². The Labute approximate surface area is 152 Å². The molecule has 1 aliphatic heterocycles. The largest absolute Gasteiger partial charge is 0.321 e. The predicted octanol–water partition coefficient (Wildman–Crippen LogP) is 3.79. The average Bonchev–Trinajstić information content (AvgIpc) is 3.10. The number of nitrogens with one attached hydrogen (secondary N) is 1. The van der Waals surface area contributed by atoms with Crippen LogP contribution in [0.1, 0.15) is 40.1 Å².